The van der Waals surface area contributed by atoms with Gasteiger partial charge in [0.05, 0.1) is 30.8 Å². The summed E-state index contributed by atoms with van der Waals surface area (Å²) < 4.78 is 22.7. The Hall–Kier alpha value is -5.12. The van der Waals surface area contributed by atoms with Gasteiger partial charge in [-0.2, -0.15) is 0 Å². The molecule has 224 valence electrons. The second-order valence-corrected chi connectivity index (χ2v) is 11.9. The van der Waals surface area contributed by atoms with Crippen LogP contribution >= 0.6 is 0 Å². The summed E-state index contributed by atoms with van der Waals surface area (Å²) in [6, 6.07) is 21.2. The Bertz CT molecular complexity index is 1760. The minimum absolute atomic E-state index is 0.269. The van der Waals surface area contributed by atoms with Crippen LogP contribution in [0.1, 0.15) is 42.5 Å². The lowest BCUT2D eigenvalue weighted by atomic mass is 9.46. The number of methoxy groups -OCH3 is 2. The molecule has 4 aliphatic rings. The number of esters is 1. The highest BCUT2D eigenvalue weighted by atomic mass is 16.6. The Labute approximate surface area is 253 Å². The average molecular weight is 594 g/mol. The van der Waals surface area contributed by atoms with Crippen LogP contribution in [-0.4, -0.2) is 48.1 Å². The van der Waals surface area contributed by atoms with E-state index in [2.05, 4.69) is 15.6 Å². The molecule has 8 rings (SSSR count). The number of fused-ring (bicyclic) bond motifs is 1. The van der Waals surface area contributed by atoms with Crippen molar-refractivity contribution < 1.29 is 33.3 Å². The van der Waals surface area contributed by atoms with Crippen LogP contribution in [0.15, 0.2) is 79.0 Å². The van der Waals surface area contributed by atoms with Crippen molar-refractivity contribution >= 4 is 34.4 Å². The van der Waals surface area contributed by atoms with Crippen LogP contribution in [0.5, 0.6) is 23.0 Å². The second kappa shape index (κ2) is 10.3. The highest BCUT2D eigenvalue weighted by Crippen LogP contribution is 2.63. The first kappa shape index (κ1) is 27.7. The molecule has 1 heterocycles. The maximum Gasteiger partial charge on any atom is 0.338 e. The number of pyridine rings is 1. The minimum atomic E-state index is -1.09. The summed E-state index contributed by atoms with van der Waals surface area (Å²) in [5.74, 6) is 1.34. The van der Waals surface area contributed by atoms with Gasteiger partial charge in [0.2, 0.25) is 11.8 Å². The summed E-state index contributed by atoms with van der Waals surface area (Å²) in [4.78, 5) is 43.4. The fourth-order valence-corrected chi connectivity index (χ4v) is 6.33. The van der Waals surface area contributed by atoms with Gasteiger partial charge in [-0.3, -0.25) is 14.6 Å². The topological polar surface area (TPSA) is 125 Å². The van der Waals surface area contributed by atoms with Crippen LogP contribution in [0, 0.1) is 5.41 Å². The van der Waals surface area contributed by atoms with Gasteiger partial charge >= 0.3 is 5.97 Å². The molecule has 4 saturated carbocycles. The third kappa shape index (κ3) is 4.76. The zero-order valence-electron chi connectivity index (χ0n) is 24.3. The summed E-state index contributed by atoms with van der Waals surface area (Å²) >= 11 is 0. The summed E-state index contributed by atoms with van der Waals surface area (Å²) in [6.07, 6.45) is 4.32. The van der Waals surface area contributed by atoms with Crippen molar-refractivity contribution in [2.75, 3.05) is 19.5 Å². The molecule has 0 unspecified atom stereocenters. The Balaban J connectivity index is 0.952. The fraction of sp³-hybridized carbons (Fsp3) is 0.294. The maximum absolute atomic E-state index is 13.3. The number of nitrogens with zero attached hydrogens (tertiary/aromatic N) is 1. The molecule has 4 aromatic rings. The van der Waals surface area contributed by atoms with Crippen LogP contribution in [0.3, 0.4) is 0 Å². The Kier molecular flexibility index (Phi) is 6.46. The molecular weight excluding hydrogens is 562 g/mol. The van der Waals surface area contributed by atoms with E-state index in [4.69, 9.17) is 18.9 Å². The van der Waals surface area contributed by atoms with E-state index in [0.29, 0.717) is 71.9 Å². The van der Waals surface area contributed by atoms with Crippen molar-refractivity contribution in [2.24, 2.45) is 5.41 Å². The van der Waals surface area contributed by atoms with Crippen molar-refractivity contribution in [3.05, 3.63) is 84.6 Å². The Morgan fingerprint density at radius 2 is 1.48 bits per heavy atom. The van der Waals surface area contributed by atoms with E-state index < -0.39 is 16.6 Å². The van der Waals surface area contributed by atoms with E-state index in [1.807, 2.05) is 12.1 Å². The van der Waals surface area contributed by atoms with Crippen LogP contribution in [0.2, 0.25) is 0 Å². The average Bonchev–Trinajstić information content (AvgIpc) is 3.83. The van der Waals surface area contributed by atoms with E-state index in [1.54, 1.807) is 81.1 Å². The molecule has 0 spiro atoms. The molecule has 10 nitrogen and oxygen atoms in total. The van der Waals surface area contributed by atoms with Gasteiger partial charge < -0.3 is 29.6 Å². The van der Waals surface area contributed by atoms with E-state index in [-0.39, 0.29) is 17.8 Å². The van der Waals surface area contributed by atoms with Gasteiger partial charge in [-0.25, -0.2) is 4.79 Å². The molecule has 2 bridgehead atoms. The first-order valence-corrected chi connectivity index (χ1v) is 14.5. The lowest BCUT2D eigenvalue weighted by molar-refractivity contribution is -0.221. The molecule has 2 amide bonds. The van der Waals surface area contributed by atoms with Gasteiger partial charge in [0, 0.05) is 42.6 Å². The predicted molar refractivity (Wildman–Crippen MR) is 161 cm³/mol. The zero-order chi connectivity index (χ0) is 30.5. The fourth-order valence-electron chi connectivity index (χ4n) is 6.33. The number of carbonyl (C=O) groups is 3. The third-order valence-corrected chi connectivity index (χ3v) is 8.85. The monoisotopic (exact) mass is 593 g/mol. The summed E-state index contributed by atoms with van der Waals surface area (Å²) in [5, 5.41) is 6.75. The standard InChI is InChI=1S/C34H31N3O7/c1-41-27-16-24-25(17-28(27)42-2)35-15-12-26(24)43-23-10-8-22(9-11-23)36-30(39)34(13-14-34)31(40)37-32-18-33(19-32,20-32)44-29(38)21-6-4-3-5-7-21/h3-12,15-17H,13-14,18-20H2,1-2H3,(H,36,39)(H,37,40). The quantitative estimate of drug-likeness (QED) is 0.185. The summed E-state index contributed by atoms with van der Waals surface area (Å²) in [5.41, 5.74) is -0.256. The van der Waals surface area contributed by atoms with Gasteiger partial charge in [-0.1, -0.05) is 18.2 Å². The Morgan fingerprint density at radius 3 is 2.14 bits per heavy atom. The molecule has 0 atom stereocenters. The van der Waals surface area contributed by atoms with Crippen molar-refractivity contribution in [1.82, 2.24) is 10.3 Å². The highest BCUT2D eigenvalue weighted by Gasteiger charge is 2.73. The molecule has 44 heavy (non-hydrogen) atoms. The van der Waals surface area contributed by atoms with Crippen LogP contribution < -0.4 is 24.8 Å². The smallest absolute Gasteiger partial charge is 0.338 e. The number of amides is 2. The molecule has 0 saturated heterocycles. The van der Waals surface area contributed by atoms with Crippen LogP contribution in [-0.2, 0) is 14.3 Å². The van der Waals surface area contributed by atoms with Crippen molar-refractivity contribution in [3.8, 4) is 23.0 Å². The number of benzene rings is 3. The molecule has 1 aromatic heterocycles. The van der Waals surface area contributed by atoms with E-state index in [9.17, 15) is 14.4 Å². The lowest BCUT2D eigenvalue weighted by Crippen LogP contribution is -2.80. The SMILES string of the molecule is COc1cc2nccc(Oc3ccc(NC(=O)C4(C(=O)NC56CC(OC(=O)c7ccccc7)(C5)C6)CC4)cc3)c2cc1OC. The van der Waals surface area contributed by atoms with Gasteiger partial charge in [0.15, 0.2) is 11.5 Å². The van der Waals surface area contributed by atoms with E-state index >= 15 is 0 Å². The number of anilines is 1. The predicted octanol–water partition coefficient (Wildman–Crippen LogP) is 5.41. The largest absolute Gasteiger partial charge is 0.493 e. The van der Waals surface area contributed by atoms with Gasteiger partial charge in [0.1, 0.15) is 22.5 Å². The molecule has 0 aliphatic heterocycles. The first-order chi connectivity index (χ1) is 21.3. The van der Waals surface area contributed by atoms with E-state index in [0.717, 1.165) is 5.39 Å². The zero-order valence-corrected chi connectivity index (χ0v) is 24.3. The molecule has 2 N–H and O–H groups in total. The highest BCUT2D eigenvalue weighted by molar-refractivity contribution is 6.13. The first-order valence-electron chi connectivity index (χ1n) is 14.5. The second-order valence-electron chi connectivity index (χ2n) is 11.9. The molecule has 4 aliphatic carbocycles. The maximum atomic E-state index is 13.3. The minimum Gasteiger partial charge on any atom is -0.493 e. The third-order valence-electron chi connectivity index (χ3n) is 8.85. The van der Waals surface area contributed by atoms with Crippen molar-refractivity contribution in [1.29, 1.82) is 0 Å². The molecule has 10 heteroatoms. The normalized spacial score (nSPS) is 22.0. The van der Waals surface area contributed by atoms with Gasteiger partial charge in [-0.15, -0.1) is 0 Å². The number of ether oxygens (including phenoxy) is 4. The van der Waals surface area contributed by atoms with Gasteiger partial charge in [-0.05, 0) is 61.4 Å². The number of rotatable bonds is 10. The number of carbonyl (C=O) groups excluding carboxylic acids is 3. The number of hydrogen-bond acceptors (Lipinski definition) is 8. The van der Waals surface area contributed by atoms with Crippen LogP contribution in [0.4, 0.5) is 5.69 Å². The number of hydrogen-bond donors (Lipinski definition) is 2. The molecule has 4 fully saturated rings. The van der Waals surface area contributed by atoms with Crippen molar-refractivity contribution in [2.45, 2.75) is 43.2 Å². The molecular formula is C34H31N3O7. The molecule has 0 radical (unpaired) electrons. The van der Waals surface area contributed by atoms with Crippen LogP contribution in [0.25, 0.3) is 10.9 Å². The lowest BCUT2D eigenvalue weighted by Gasteiger charge is -2.68. The van der Waals surface area contributed by atoms with Crippen molar-refractivity contribution in [3.63, 3.8) is 0 Å². The number of nitrogens with one attached hydrogen (secondary N) is 2. The summed E-state index contributed by atoms with van der Waals surface area (Å²) in [6.45, 7) is 0. The Morgan fingerprint density at radius 1 is 0.795 bits per heavy atom. The number of aromatic nitrogens is 1. The van der Waals surface area contributed by atoms with E-state index in [1.165, 1.54) is 0 Å². The van der Waals surface area contributed by atoms with Gasteiger partial charge in [0.25, 0.3) is 0 Å². The molecule has 3 aromatic carbocycles. The summed E-state index contributed by atoms with van der Waals surface area (Å²) in [7, 11) is 3.14.